The molecule has 1 N–H and O–H groups in total. The van der Waals surface area contributed by atoms with Gasteiger partial charge in [0.15, 0.2) is 11.6 Å². The molecule has 3 aromatic rings. The lowest BCUT2D eigenvalue weighted by atomic mass is 9.99. The number of ketones is 1. The molecule has 1 saturated heterocycles. The standard InChI is InChI=1S/C21H14F2N2O4/c1-11-2-5-16(29-11)18-17(19(26)12-6-8-24-9-7-12)20(27)21(28)25(18)13-3-4-14(22)15(23)10-13/h2-10,18,26H,1H3/b19-17-. The van der Waals surface area contributed by atoms with Gasteiger partial charge in [0, 0.05) is 29.7 Å². The van der Waals surface area contributed by atoms with E-state index in [2.05, 4.69) is 4.98 Å². The molecule has 1 aromatic carbocycles. The average Bonchev–Trinajstić information content (AvgIpc) is 3.25. The molecular formula is C21H14F2N2O4. The summed E-state index contributed by atoms with van der Waals surface area (Å²) in [5, 5.41) is 10.8. The third-order valence-electron chi connectivity index (χ3n) is 4.61. The molecule has 3 heterocycles. The molecule has 6 nitrogen and oxygen atoms in total. The van der Waals surface area contributed by atoms with E-state index in [1.807, 2.05) is 0 Å². The second kappa shape index (κ2) is 6.97. The van der Waals surface area contributed by atoms with Crippen LogP contribution >= 0.6 is 0 Å². The molecule has 0 radical (unpaired) electrons. The van der Waals surface area contributed by atoms with Crippen molar-refractivity contribution in [3.8, 4) is 0 Å². The van der Waals surface area contributed by atoms with E-state index in [-0.39, 0.29) is 22.6 Å². The molecule has 0 aliphatic carbocycles. The third-order valence-corrected chi connectivity index (χ3v) is 4.61. The Hall–Kier alpha value is -3.81. The first-order valence-corrected chi connectivity index (χ1v) is 8.61. The van der Waals surface area contributed by atoms with Crippen molar-refractivity contribution in [2.75, 3.05) is 4.90 Å². The van der Waals surface area contributed by atoms with Gasteiger partial charge in [-0.3, -0.25) is 19.5 Å². The first kappa shape index (κ1) is 18.5. The van der Waals surface area contributed by atoms with Crippen LogP contribution in [-0.2, 0) is 9.59 Å². The van der Waals surface area contributed by atoms with Gasteiger partial charge < -0.3 is 9.52 Å². The molecule has 1 aliphatic rings. The summed E-state index contributed by atoms with van der Waals surface area (Å²) in [4.78, 5) is 30.5. The number of aliphatic hydroxyl groups excluding tert-OH is 1. The summed E-state index contributed by atoms with van der Waals surface area (Å²) >= 11 is 0. The molecule has 0 saturated carbocycles. The molecule has 0 bridgehead atoms. The predicted molar refractivity (Wildman–Crippen MR) is 98.8 cm³/mol. The fraction of sp³-hybridized carbons (Fsp3) is 0.0952. The van der Waals surface area contributed by atoms with E-state index < -0.39 is 35.1 Å². The molecule has 1 aliphatic heterocycles. The number of Topliss-reactive ketones (excluding diaryl/α,β-unsaturated/α-hetero) is 1. The van der Waals surface area contributed by atoms with Crippen LogP contribution in [0.4, 0.5) is 14.5 Å². The normalized spacial score (nSPS) is 18.4. The summed E-state index contributed by atoms with van der Waals surface area (Å²) < 4.78 is 32.8. The van der Waals surface area contributed by atoms with Crippen molar-refractivity contribution in [2.45, 2.75) is 13.0 Å². The first-order chi connectivity index (χ1) is 13.9. The van der Waals surface area contributed by atoms with Crippen LogP contribution < -0.4 is 4.90 Å². The zero-order valence-electron chi connectivity index (χ0n) is 15.1. The minimum atomic E-state index is -1.17. The lowest BCUT2D eigenvalue weighted by Crippen LogP contribution is -2.29. The van der Waals surface area contributed by atoms with Crippen molar-refractivity contribution < 1.29 is 27.9 Å². The highest BCUT2D eigenvalue weighted by atomic mass is 19.2. The highest BCUT2D eigenvalue weighted by molar-refractivity contribution is 6.51. The molecule has 1 amide bonds. The monoisotopic (exact) mass is 396 g/mol. The maximum absolute atomic E-state index is 13.8. The van der Waals surface area contributed by atoms with Crippen LogP contribution in [0, 0.1) is 18.6 Å². The van der Waals surface area contributed by atoms with Crippen LogP contribution in [0.2, 0.25) is 0 Å². The van der Waals surface area contributed by atoms with E-state index in [0.717, 1.165) is 17.0 Å². The summed E-state index contributed by atoms with van der Waals surface area (Å²) in [7, 11) is 0. The number of hydrogen-bond acceptors (Lipinski definition) is 5. The number of rotatable bonds is 3. The van der Waals surface area contributed by atoms with E-state index in [4.69, 9.17) is 4.42 Å². The van der Waals surface area contributed by atoms with Crippen molar-refractivity contribution in [1.82, 2.24) is 4.98 Å². The van der Waals surface area contributed by atoms with Crippen molar-refractivity contribution in [1.29, 1.82) is 0 Å². The fourth-order valence-corrected chi connectivity index (χ4v) is 3.27. The minimum Gasteiger partial charge on any atom is -0.507 e. The lowest BCUT2D eigenvalue weighted by molar-refractivity contribution is -0.132. The van der Waals surface area contributed by atoms with Gasteiger partial charge in [-0.05, 0) is 43.3 Å². The average molecular weight is 396 g/mol. The molecule has 8 heteroatoms. The molecule has 0 spiro atoms. The lowest BCUT2D eigenvalue weighted by Gasteiger charge is -2.23. The number of carbonyl (C=O) groups is 2. The van der Waals surface area contributed by atoms with Crippen molar-refractivity contribution in [3.05, 3.63) is 89.1 Å². The summed E-state index contributed by atoms with van der Waals surface area (Å²) in [5.41, 5.74) is 0.00989. The molecular weight excluding hydrogens is 382 g/mol. The molecule has 1 fully saturated rings. The minimum absolute atomic E-state index is 0.0427. The van der Waals surface area contributed by atoms with Crippen LogP contribution in [0.5, 0.6) is 0 Å². The van der Waals surface area contributed by atoms with E-state index in [1.165, 1.54) is 30.6 Å². The zero-order valence-corrected chi connectivity index (χ0v) is 15.1. The Bertz CT molecular complexity index is 1150. The number of aromatic nitrogens is 1. The van der Waals surface area contributed by atoms with Crippen molar-refractivity contribution in [2.24, 2.45) is 0 Å². The largest absolute Gasteiger partial charge is 0.507 e. The van der Waals surface area contributed by atoms with Crippen molar-refractivity contribution in [3.63, 3.8) is 0 Å². The number of benzene rings is 1. The van der Waals surface area contributed by atoms with Crippen molar-refractivity contribution >= 4 is 23.1 Å². The number of nitrogens with zero attached hydrogens (tertiary/aromatic N) is 2. The van der Waals surface area contributed by atoms with E-state index in [0.29, 0.717) is 5.76 Å². The maximum atomic E-state index is 13.8. The summed E-state index contributed by atoms with van der Waals surface area (Å²) in [6, 6.07) is 7.84. The van der Waals surface area contributed by atoms with Gasteiger partial charge in [-0.15, -0.1) is 0 Å². The summed E-state index contributed by atoms with van der Waals surface area (Å²) in [6.07, 6.45) is 2.85. The third kappa shape index (κ3) is 3.08. The zero-order chi connectivity index (χ0) is 20.7. The van der Waals surface area contributed by atoms with Gasteiger partial charge in [-0.25, -0.2) is 8.78 Å². The Labute approximate surface area is 163 Å². The van der Waals surface area contributed by atoms with Gasteiger partial charge in [-0.1, -0.05) is 0 Å². The first-order valence-electron chi connectivity index (χ1n) is 8.61. The van der Waals surface area contributed by atoms with Gasteiger partial charge in [-0.2, -0.15) is 0 Å². The van der Waals surface area contributed by atoms with Gasteiger partial charge in [0.2, 0.25) is 0 Å². The number of aryl methyl sites for hydroxylation is 1. The SMILES string of the molecule is Cc1ccc(C2/C(=C(/O)c3ccncc3)C(=O)C(=O)N2c2ccc(F)c(F)c2)o1. The maximum Gasteiger partial charge on any atom is 0.300 e. The second-order valence-electron chi connectivity index (χ2n) is 6.45. The Kier molecular flexibility index (Phi) is 4.46. The van der Waals surface area contributed by atoms with Crippen LogP contribution in [0.25, 0.3) is 5.76 Å². The number of pyridine rings is 1. The highest BCUT2D eigenvalue weighted by Gasteiger charge is 2.48. The number of halogens is 2. The van der Waals surface area contributed by atoms with E-state index >= 15 is 0 Å². The number of amides is 1. The Morgan fingerprint density at radius 3 is 2.41 bits per heavy atom. The molecule has 146 valence electrons. The molecule has 1 unspecified atom stereocenters. The second-order valence-corrected chi connectivity index (χ2v) is 6.45. The van der Waals surface area contributed by atoms with Gasteiger partial charge >= 0.3 is 0 Å². The number of aliphatic hydroxyl groups is 1. The highest BCUT2D eigenvalue weighted by Crippen LogP contribution is 2.42. The Balaban J connectivity index is 1.95. The van der Waals surface area contributed by atoms with Crippen LogP contribution in [0.1, 0.15) is 23.1 Å². The fourth-order valence-electron chi connectivity index (χ4n) is 3.27. The number of hydrogen-bond donors (Lipinski definition) is 1. The number of carbonyl (C=O) groups excluding carboxylic acids is 2. The van der Waals surface area contributed by atoms with E-state index in [9.17, 15) is 23.5 Å². The van der Waals surface area contributed by atoms with Crippen LogP contribution in [0.3, 0.4) is 0 Å². The quantitative estimate of drug-likeness (QED) is 0.413. The van der Waals surface area contributed by atoms with Gasteiger partial charge in [0.25, 0.3) is 11.7 Å². The number of furan rings is 1. The smallest absolute Gasteiger partial charge is 0.300 e. The molecule has 4 rings (SSSR count). The molecule has 2 aromatic heterocycles. The van der Waals surface area contributed by atoms with E-state index in [1.54, 1.807) is 19.1 Å². The summed E-state index contributed by atoms with van der Waals surface area (Å²) in [6.45, 7) is 1.68. The van der Waals surface area contributed by atoms with Crippen LogP contribution in [0.15, 0.2) is 64.8 Å². The Morgan fingerprint density at radius 2 is 1.79 bits per heavy atom. The van der Waals surface area contributed by atoms with Crippen LogP contribution in [-0.4, -0.2) is 21.8 Å². The summed E-state index contributed by atoms with van der Waals surface area (Å²) in [5.74, 6) is -3.94. The molecule has 1 atom stereocenters. The predicted octanol–water partition coefficient (Wildman–Crippen LogP) is 3.89. The van der Waals surface area contributed by atoms with Gasteiger partial charge in [0.1, 0.15) is 23.3 Å². The Morgan fingerprint density at radius 1 is 1.07 bits per heavy atom. The molecule has 29 heavy (non-hydrogen) atoms. The van der Waals surface area contributed by atoms with Gasteiger partial charge in [0.05, 0.1) is 5.57 Å². The number of anilines is 1. The topological polar surface area (TPSA) is 83.6 Å².